The highest BCUT2D eigenvalue weighted by molar-refractivity contribution is 5.79. The lowest BCUT2D eigenvalue weighted by molar-refractivity contribution is -0.158. The number of amides is 1. The smallest absolute Gasteiger partial charge is 0.228 e. The third kappa shape index (κ3) is 2.05. The molecule has 3 rings (SSSR count). The van der Waals surface area contributed by atoms with E-state index in [-0.39, 0.29) is 5.91 Å². The van der Waals surface area contributed by atoms with Gasteiger partial charge in [0.2, 0.25) is 5.91 Å². The molecule has 2 heterocycles. The fraction of sp³-hybridized carbons (Fsp3) is 0.538. The van der Waals surface area contributed by atoms with Gasteiger partial charge in [0, 0.05) is 11.9 Å². The van der Waals surface area contributed by atoms with Crippen LogP contribution in [0.1, 0.15) is 18.5 Å². The molecule has 1 aliphatic carbocycles. The summed E-state index contributed by atoms with van der Waals surface area (Å²) >= 11 is 0. The van der Waals surface area contributed by atoms with Crippen molar-refractivity contribution in [1.82, 2.24) is 9.88 Å². The molecule has 1 N–H and O–H groups in total. The van der Waals surface area contributed by atoms with Gasteiger partial charge < -0.3 is 10.0 Å². The summed E-state index contributed by atoms with van der Waals surface area (Å²) in [5.41, 5.74) is 0.208. The van der Waals surface area contributed by atoms with Crippen molar-refractivity contribution in [2.24, 2.45) is 5.92 Å². The molecule has 0 spiro atoms. The summed E-state index contributed by atoms with van der Waals surface area (Å²) in [6, 6.07) is 5.57. The number of rotatable bonds is 3. The van der Waals surface area contributed by atoms with Gasteiger partial charge in [0.05, 0.1) is 19.5 Å². The molecule has 0 atom stereocenters. The molecule has 0 bridgehead atoms. The second kappa shape index (κ2) is 3.81. The molecular formula is C13H16N2O2. The van der Waals surface area contributed by atoms with Gasteiger partial charge in [0.25, 0.3) is 0 Å². The highest BCUT2D eigenvalue weighted by Crippen LogP contribution is 2.44. The number of aromatic nitrogens is 1. The third-order valence-electron chi connectivity index (χ3n) is 3.68. The Bertz CT molecular complexity index is 422. The largest absolute Gasteiger partial charge is 0.386 e. The number of β-amino-alcohol motifs (C(OH)–C–C–N with tert-alkyl or cyclic N) is 1. The molecule has 1 aromatic heterocycles. The highest BCUT2D eigenvalue weighted by atomic mass is 16.3. The van der Waals surface area contributed by atoms with Crippen molar-refractivity contribution in [3.63, 3.8) is 0 Å². The van der Waals surface area contributed by atoms with Crippen LogP contribution in [0, 0.1) is 5.92 Å². The van der Waals surface area contributed by atoms with E-state index in [1.807, 2.05) is 18.2 Å². The van der Waals surface area contributed by atoms with E-state index >= 15 is 0 Å². The van der Waals surface area contributed by atoms with E-state index in [0.717, 1.165) is 18.5 Å². The quantitative estimate of drug-likeness (QED) is 0.830. The maximum Gasteiger partial charge on any atom is 0.228 e. The van der Waals surface area contributed by atoms with E-state index in [0.29, 0.717) is 25.4 Å². The van der Waals surface area contributed by atoms with Crippen LogP contribution in [0.25, 0.3) is 0 Å². The number of pyridine rings is 1. The fourth-order valence-electron chi connectivity index (χ4n) is 2.44. The first kappa shape index (κ1) is 10.7. The van der Waals surface area contributed by atoms with Gasteiger partial charge in [-0.25, -0.2) is 0 Å². The molecule has 0 radical (unpaired) electrons. The summed E-state index contributed by atoms with van der Waals surface area (Å²) < 4.78 is 0. The first-order valence-electron chi connectivity index (χ1n) is 6.07. The van der Waals surface area contributed by atoms with Crippen LogP contribution in [0.2, 0.25) is 0 Å². The average molecular weight is 232 g/mol. The van der Waals surface area contributed by atoms with E-state index in [9.17, 15) is 9.90 Å². The van der Waals surface area contributed by atoms with Gasteiger partial charge in [-0.2, -0.15) is 0 Å². The lowest BCUT2D eigenvalue weighted by Gasteiger charge is -2.47. The zero-order valence-corrected chi connectivity index (χ0v) is 9.67. The number of aliphatic hydroxyl groups is 1. The normalized spacial score (nSPS) is 22.1. The molecule has 1 amide bonds. The first-order chi connectivity index (χ1) is 8.17. The summed E-state index contributed by atoms with van der Waals surface area (Å²) in [5, 5.41) is 10.1. The van der Waals surface area contributed by atoms with Gasteiger partial charge in [0.1, 0.15) is 5.60 Å². The molecule has 4 heteroatoms. The zero-order chi connectivity index (χ0) is 11.9. The minimum atomic E-state index is -0.584. The minimum Gasteiger partial charge on any atom is -0.386 e. The van der Waals surface area contributed by atoms with Crippen molar-refractivity contribution < 1.29 is 9.90 Å². The second-order valence-corrected chi connectivity index (χ2v) is 5.13. The summed E-state index contributed by atoms with van der Waals surface area (Å²) in [7, 11) is 0. The van der Waals surface area contributed by atoms with Crippen LogP contribution in [0.15, 0.2) is 24.4 Å². The van der Waals surface area contributed by atoms with Gasteiger partial charge in [0.15, 0.2) is 0 Å². The predicted molar refractivity (Wildman–Crippen MR) is 62.2 cm³/mol. The summed E-state index contributed by atoms with van der Waals surface area (Å²) in [5.74, 6) is 0.496. The number of likely N-dealkylation sites (tertiary alicyclic amines) is 1. The Morgan fingerprint density at radius 2 is 2.24 bits per heavy atom. The Kier molecular flexibility index (Phi) is 2.40. The second-order valence-electron chi connectivity index (χ2n) is 5.13. The predicted octanol–water partition coefficient (Wildman–Crippen LogP) is 0.607. The van der Waals surface area contributed by atoms with Gasteiger partial charge in [-0.1, -0.05) is 6.07 Å². The van der Waals surface area contributed by atoms with Crippen LogP contribution in [-0.4, -0.2) is 39.6 Å². The average Bonchev–Trinajstić information content (AvgIpc) is 3.10. The Morgan fingerprint density at radius 1 is 1.47 bits per heavy atom. The molecule has 2 aliphatic rings. The topological polar surface area (TPSA) is 53.4 Å². The van der Waals surface area contributed by atoms with Crippen molar-refractivity contribution in [3.8, 4) is 0 Å². The highest BCUT2D eigenvalue weighted by Gasteiger charge is 2.53. The van der Waals surface area contributed by atoms with Gasteiger partial charge >= 0.3 is 0 Å². The van der Waals surface area contributed by atoms with E-state index in [1.54, 1.807) is 11.1 Å². The standard InChI is InChI=1S/C13H16N2O2/c16-12(7-11-3-1-2-6-14-11)15-8-13(17,9-15)10-4-5-10/h1-3,6,10,17H,4-5,7-9H2. The lowest BCUT2D eigenvalue weighted by atomic mass is 9.88. The van der Waals surface area contributed by atoms with Crippen molar-refractivity contribution in [1.29, 1.82) is 0 Å². The number of hydrogen-bond donors (Lipinski definition) is 1. The Balaban J connectivity index is 1.55. The van der Waals surface area contributed by atoms with Gasteiger partial charge in [-0.05, 0) is 30.9 Å². The van der Waals surface area contributed by atoms with Crippen molar-refractivity contribution >= 4 is 5.91 Å². The van der Waals surface area contributed by atoms with Crippen LogP contribution in [0.5, 0.6) is 0 Å². The SMILES string of the molecule is O=C(Cc1ccccn1)N1CC(O)(C2CC2)C1. The molecule has 2 fully saturated rings. The van der Waals surface area contributed by atoms with Crippen LogP contribution in [0.4, 0.5) is 0 Å². The van der Waals surface area contributed by atoms with E-state index < -0.39 is 5.60 Å². The minimum absolute atomic E-state index is 0.0639. The van der Waals surface area contributed by atoms with Gasteiger partial charge in [-0.3, -0.25) is 9.78 Å². The summed E-state index contributed by atoms with van der Waals surface area (Å²) in [6.07, 6.45) is 4.25. The number of carbonyl (C=O) groups is 1. The van der Waals surface area contributed by atoms with E-state index in [1.165, 1.54) is 0 Å². The molecule has 90 valence electrons. The summed E-state index contributed by atoms with van der Waals surface area (Å²) in [6.45, 7) is 1.01. The van der Waals surface area contributed by atoms with Crippen LogP contribution in [-0.2, 0) is 11.2 Å². The summed E-state index contributed by atoms with van der Waals surface area (Å²) in [4.78, 5) is 17.8. The third-order valence-corrected chi connectivity index (χ3v) is 3.68. The monoisotopic (exact) mass is 232 g/mol. The van der Waals surface area contributed by atoms with E-state index in [2.05, 4.69) is 4.98 Å². The van der Waals surface area contributed by atoms with Crippen molar-refractivity contribution in [2.45, 2.75) is 24.9 Å². The Morgan fingerprint density at radius 3 is 2.82 bits per heavy atom. The van der Waals surface area contributed by atoms with Crippen LogP contribution < -0.4 is 0 Å². The zero-order valence-electron chi connectivity index (χ0n) is 9.67. The maximum absolute atomic E-state index is 11.9. The maximum atomic E-state index is 11.9. The number of nitrogens with zero attached hydrogens (tertiary/aromatic N) is 2. The molecular weight excluding hydrogens is 216 g/mol. The number of hydrogen-bond acceptors (Lipinski definition) is 3. The Labute approximate surface area is 100 Å². The number of carbonyl (C=O) groups excluding carboxylic acids is 1. The molecule has 1 saturated carbocycles. The molecule has 1 aliphatic heterocycles. The lowest BCUT2D eigenvalue weighted by Crippen LogP contribution is -2.65. The van der Waals surface area contributed by atoms with Gasteiger partial charge in [-0.15, -0.1) is 0 Å². The Hall–Kier alpha value is -1.42. The first-order valence-corrected chi connectivity index (χ1v) is 6.07. The fourth-order valence-corrected chi connectivity index (χ4v) is 2.44. The molecule has 17 heavy (non-hydrogen) atoms. The molecule has 4 nitrogen and oxygen atoms in total. The van der Waals surface area contributed by atoms with Crippen molar-refractivity contribution in [3.05, 3.63) is 30.1 Å². The molecule has 0 unspecified atom stereocenters. The molecule has 1 saturated heterocycles. The van der Waals surface area contributed by atoms with E-state index in [4.69, 9.17) is 0 Å². The van der Waals surface area contributed by atoms with Crippen molar-refractivity contribution in [2.75, 3.05) is 13.1 Å². The molecule has 1 aromatic rings. The molecule has 0 aromatic carbocycles. The van der Waals surface area contributed by atoms with Crippen LogP contribution in [0.3, 0.4) is 0 Å². The van der Waals surface area contributed by atoms with Crippen LogP contribution >= 0.6 is 0 Å².